The van der Waals surface area contributed by atoms with Crippen LogP contribution in [0.3, 0.4) is 0 Å². The van der Waals surface area contributed by atoms with Crippen LogP contribution in [0.5, 0.6) is 0 Å². The highest BCUT2D eigenvalue weighted by Crippen LogP contribution is 2.27. The Morgan fingerprint density at radius 1 is 1.28 bits per heavy atom. The molecule has 1 aromatic rings. The number of hydrogen-bond acceptors (Lipinski definition) is 4. The second-order valence-corrected chi connectivity index (χ2v) is 5.77. The maximum Gasteiger partial charge on any atom is 0.138 e. The lowest BCUT2D eigenvalue weighted by molar-refractivity contribution is 0.236. The molecule has 18 heavy (non-hydrogen) atoms. The summed E-state index contributed by atoms with van der Waals surface area (Å²) in [4.78, 5) is 2.38. The van der Waals surface area contributed by atoms with Gasteiger partial charge in [0.25, 0.3) is 0 Å². The summed E-state index contributed by atoms with van der Waals surface area (Å²) in [6.45, 7) is 3.59. The Labute approximate surface area is 108 Å². The summed E-state index contributed by atoms with van der Waals surface area (Å²) in [5, 5.41) is 18.1. The molecular formula is C13H22N4O. The van der Waals surface area contributed by atoms with Gasteiger partial charge in [-0.25, -0.2) is 0 Å². The smallest absolute Gasteiger partial charge is 0.138 e. The Hall–Kier alpha value is -0.940. The van der Waals surface area contributed by atoms with Gasteiger partial charge in [0, 0.05) is 25.4 Å². The Bertz CT molecular complexity index is 417. The van der Waals surface area contributed by atoms with E-state index >= 15 is 0 Å². The van der Waals surface area contributed by atoms with E-state index in [1.165, 1.54) is 19.5 Å². The molecule has 2 unspecified atom stereocenters. The first-order valence-electron chi connectivity index (χ1n) is 6.99. The lowest BCUT2D eigenvalue weighted by Gasteiger charge is -2.22. The number of rotatable bonds is 3. The van der Waals surface area contributed by atoms with Gasteiger partial charge in [0.05, 0.1) is 6.61 Å². The molecule has 5 heteroatoms. The van der Waals surface area contributed by atoms with Crippen molar-refractivity contribution >= 4 is 0 Å². The number of likely N-dealkylation sites (tertiary alicyclic amines) is 1. The summed E-state index contributed by atoms with van der Waals surface area (Å²) >= 11 is 0. The minimum atomic E-state index is 0.199. The lowest BCUT2D eigenvalue weighted by Crippen LogP contribution is -2.21. The number of nitrogens with zero attached hydrogens (tertiary/aromatic N) is 4. The summed E-state index contributed by atoms with van der Waals surface area (Å²) in [7, 11) is 2.18. The van der Waals surface area contributed by atoms with Crippen LogP contribution in [0.2, 0.25) is 0 Å². The molecule has 5 nitrogen and oxygen atoms in total. The molecule has 2 aliphatic rings. The van der Waals surface area contributed by atoms with Crippen molar-refractivity contribution in [3.8, 4) is 0 Å². The number of aromatic nitrogens is 3. The average Bonchev–Trinajstić information content (AvgIpc) is 2.97. The van der Waals surface area contributed by atoms with Crippen LogP contribution in [0.25, 0.3) is 0 Å². The van der Waals surface area contributed by atoms with Gasteiger partial charge in [-0.2, -0.15) is 0 Å². The average molecular weight is 250 g/mol. The molecule has 0 aromatic carbocycles. The molecule has 0 bridgehead atoms. The van der Waals surface area contributed by atoms with Crippen molar-refractivity contribution in [2.45, 2.75) is 38.1 Å². The summed E-state index contributed by atoms with van der Waals surface area (Å²) < 4.78 is 2.25. The maximum absolute atomic E-state index is 9.38. The van der Waals surface area contributed by atoms with Gasteiger partial charge in [0.2, 0.25) is 0 Å². The first kappa shape index (κ1) is 12.1. The first-order valence-corrected chi connectivity index (χ1v) is 6.99. The highest BCUT2D eigenvalue weighted by atomic mass is 16.3. The second-order valence-electron chi connectivity index (χ2n) is 5.77. The van der Waals surface area contributed by atoms with Crippen LogP contribution in [0.15, 0.2) is 0 Å². The van der Waals surface area contributed by atoms with E-state index in [1.807, 2.05) is 0 Å². The monoisotopic (exact) mass is 250 g/mol. The van der Waals surface area contributed by atoms with E-state index in [0.717, 1.165) is 43.4 Å². The third-order valence-corrected chi connectivity index (χ3v) is 4.34. The number of fused-ring (bicyclic) bond motifs is 1. The zero-order valence-corrected chi connectivity index (χ0v) is 11.0. The quantitative estimate of drug-likeness (QED) is 0.855. The van der Waals surface area contributed by atoms with Gasteiger partial charge >= 0.3 is 0 Å². The van der Waals surface area contributed by atoms with Gasteiger partial charge in [-0.05, 0) is 38.8 Å². The van der Waals surface area contributed by atoms with E-state index in [9.17, 15) is 5.11 Å². The number of aliphatic hydroxyl groups is 1. The van der Waals surface area contributed by atoms with Crippen LogP contribution in [0.4, 0.5) is 0 Å². The van der Waals surface area contributed by atoms with Crippen LogP contribution >= 0.6 is 0 Å². The van der Waals surface area contributed by atoms with Crippen LogP contribution in [0.1, 0.15) is 36.8 Å². The van der Waals surface area contributed by atoms with Gasteiger partial charge in [0.1, 0.15) is 11.6 Å². The van der Waals surface area contributed by atoms with E-state index in [1.54, 1.807) is 0 Å². The Balaban J connectivity index is 1.75. The van der Waals surface area contributed by atoms with Crippen LogP contribution < -0.4 is 0 Å². The molecule has 1 N–H and O–H groups in total. The van der Waals surface area contributed by atoms with Crippen LogP contribution in [-0.4, -0.2) is 51.5 Å². The van der Waals surface area contributed by atoms with Gasteiger partial charge in [-0.15, -0.1) is 10.2 Å². The predicted molar refractivity (Wildman–Crippen MR) is 68.4 cm³/mol. The Kier molecular flexibility index (Phi) is 3.35. The molecule has 0 saturated carbocycles. The summed E-state index contributed by atoms with van der Waals surface area (Å²) in [5.41, 5.74) is 0. The third-order valence-electron chi connectivity index (χ3n) is 4.34. The normalized spacial score (nSPS) is 28.6. The molecule has 2 aliphatic heterocycles. The van der Waals surface area contributed by atoms with Gasteiger partial charge < -0.3 is 14.6 Å². The minimum Gasteiger partial charge on any atom is -0.396 e. The van der Waals surface area contributed by atoms with E-state index in [2.05, 4.69) is 26.7 Å². The molecule has 2 atom stereocenters. The van der Waals surface area contributed by atoms with Crippen molar-refractivity contribution in [2.75, 3.05) is 26.7 Å². The summed E-state index contributed by atoms with van der Waals surface area (Å²) in [5.74, 6) is 3.05. The minimum absolute atomic E-state index is 0.199. The van der Waals surface area contributed by atoms with Gasteiger partial charge in [-0.3, -0.25) is 0 Å². The summed E-state index contributed by atoms with van der Waals surface area (Å²) in [6.07, 6.45) is 4.48. The Morgan fingerprint density at radius 2 is 2.17 bits per heavy atom. The Morgan fingerprint density at radius 3 is 2.89 bits per heavy atom. The van der Waals surface area contributed by atoms with E-state index in [4.69, 9.17) is 0 Å². The zero-order valence-electron chi connectivity index (χ0n) is 11.0. The topological polar surface area (TPSA) is 54.2 Å². The molecule has 1 saturated heterocycles. The fourth-order valence-corrected chi connectivity index (χ4v) is 3.29. The molecule has 0 aliphatic carbocycles. The molecule has 1 fully saturated rings. The molecule has 3 heterocycles. The van der Waals surface area contributed by atoms with E-state index in [0.29, 0.717) is 0 Å². The fraction of sp³-hybridized carbons (Fsp3) is 0.846. The SMILES string of the molecule is CN1CCC(Cc2nnc3n2CCCC3CO)C1. The molecular weight excluding hydrogens is 228 g/mol. The highest BCUT2D eigenvalue weighted by Gasteiger charge is 2.27. The lowest BCUT2D eigenvalue weighted by atomic mass is 9.99. The van der Waals surface area contributed by atoms with E-state index < -0.39 is 0 Å². The van der Waals surface area contributed by atoms with Crippen LogP contribution in [-0.2, 0) is 13.0 Å². The van der Waals surface area contributed by atoms with Crippen molar-refractivity contribution in [3.05, 3.63) is 11.6 Å². The number of aliphatic hydroxyl groups excluding tert-OH is 1. The van der Waals surface area contributed by atoms with Crippen molar-refractivity contribution in [1.82, 2.24) is 19.7 Å². The molecule has 3 rings (SSSR count). The van der Waals surface area contributed by atoms with Crippen LogP contribution in [0, 0.1) is 5.92 Å². The second kappa shape index (κ2) is 4.97. The predicted octanol–water partition coefficient (Wildman–Crippen LogP) is 0.642. The molecule has 0 radical (unpaired) electrons. The fourth-order valence-electron chi connectivity index (χ4n) is 3.29. The highest BCUT2D eigenvalue weighted by molar-refractivity contribution is 5.06. The standard InChI is InChI=1S/C13H22N4O/c1-16-6-4-10(8-16)7-12-14-15-13-11(9-18)3-2-5-17(12)13/h10-11,18H,2-9H2,1H3. The molecule has 0 amide bonds. The largest absolute Gasteiger partial charge is 0.396 e. The van der Waals surface area contributed by atoms with E-state index in [-0.39, 0.29) is 12.5 Å². The summed E-state index contributed by atoms with van der Waals surface area (Å²) in [6, 6.07) is 0. The van der Waals surface area contributed by atoms with Crippen molar-refractivity contribution in [3.63, 3.8) is 0 Å². The van der Waals surface area contributed by atoms with Gasteiger partial charge in [-0.1, -0.05) is 0 Å². The van der Waals surface area contributed by atoms with Crippen molar-refractivity contribution in [2.24, 2.45) is 5.92 Å². The van der Waals surface area contributed by atoms with Crippen molar-refractivity contribution in [1.29, 1.82) is 0 Å². The first-order chi connectivity index (χ1) is 8.78. The molecule has 100 valence electrons. The molecule has 0 spiro atoms. The third kappa shape index (κ3) is 2.17. The maximum atomic E-state index is 9.38. The van der Waals surface area contributed by atoms with Gasteiger partial charge in [0.15, 0.2) is 0 Å². The number of hydrogen-bond donors (Lipinski definition) is 1. The van der Waals surface area contributed by atoms with Crippen molar-refractivity contribution < 1.29 is 5.11 Å². The zero-order chi connectivity index (χ0) is 12.5. The molecule has 1 aromatic heterocycles.